The number of para-hydroxylation sites is 1. The van der Waals surface area contributed by atoms with Gasteiger partial charge < -0.3 is 19.9 Å². The van der Waals surface area contributed by atoms with Crippen molar-refractivity contribution in [3.8, 4) is 5.75 Å². The molecule has 5 heteroatoms. The molecule has 0 unspecified atom stereocenters. The smallest absolute Gasteiger partial charge is 0.144 e. The van der Waals surface area contributed by atoms with E-state index in [1.165, 1.54) is 0 Å². The second kappa shape index (κ2) is 6.32. The molecule has 2 aromatic rings. The van der Waals surface area contributed by atoms with Crippen LogP contribution in [0.5, 0.6) is 5.75 Å². The first-order chi connectivity index (χ1) is 9.61. The minimum atomic E-state index is 0.638. The van der Waals surface area contributed by atoms with Crippen LogP contribution in [0.25, 0.3) is 0 Å². The van der Waals surface area contributed by atoms with Gasteiger partial charge in [0.15, 0.2) is 0 Å². The minimum Gasteiger partial charge on any atom is -0.491 e. The highest BCUT2D eigenvalue weighted by atomic mass is 16.5. The van der Waals surface area contributed by atoms with E-state index >= 15 is 0 Å². The average Bonchev–Trinajstić information content (AvgIpc) is 2.83. The van der Waals surface area contributed by atoms with Crippen molar-refractivity contribution in [1.82, 2.24) is 5.16 Å². The molecule has 0 saturated carbocycles. The van der Waals surface area contributed by atoms with E-state index in [1.54, 1.807) is 0 Å². The molecule has 0 bridgehead atoms. The molecule has 2 rings (SSSR count). The number of hydrogen-bond acceptors (Lipinski definition) is 5. The van der Waals surface area contributed by atoms with E-state index in [4.69, 9.17) is 15.0 Å². The summed E-state index contributed by atoms with van der Waals surface area (Å²) in [7, 11) is 1.97. The van der Waals surface area contributed by atoms with Crippen LogP contribution in [0.15, 0.2) is 28.8 Å². The highest BCUT2D eigenvalue weighted by molar-refractivity contribution is 5.73. The number of benzene rings is 1. The molecule has 0 aliphatic rings. The molecule has 1 aromatic heterocycles. The van der Waals surface area contributed by atoms with Gasteiger partial charge in [-0.15, -0.1) is 0 Å². The first kappa shape index (κ1) is 14.2. The maximum absolute atomic E-state index is 6.17. The van der Waals surface area contributed by atoms with E-state index in [2.05, 4.69) is 12.1 Å². The van der Waals surface area contributed by atoms with Gasteiger partial charge in [0.25, 0.3) is 0 Å². The minimum absolute atomic E-state index is 0.638. The summed E-state index contributed by atoms with van der Waals surface area (Å²) in [6, 6.07) is 7.73. The number of aromatic nitrogens is 1. The monoisotopic (exact) mass is 275 g/mol. The van der Waals surface area contributed by atoms with E-state index in [1.807, 2.05) is 43.1 Å². The second-order valence-corrected chi connectivity index (χ2v) is 4.82. The average molecular weight is 275 g/mol. The fourth-order valence-electron chi connectivity index (χ4n) is 2.02. The molecule has 0 aliphatic heterocycles. The van der Waals surface area contributed by atoms with Crippen molar-refractivity contribution in [3.05, 3.63) is 35.7 Å². The normalized spacial score (nSPS) is 10.6. The number of anilines is 2. The Bertz CT molecular complexity index is 566. The van der Waals surface area contributed by atoms with Gasteiger partial charge in [-0.25, -0.2) is 0 Å². The van der Waals surface area contributed by atoms with Crippen molar-refractivity contribution in [2.24, 2.45) is 0 Å². The zero-order valence-electron chi connectivity index (χ0n) is 12.2. The molecule has 1 aromatic carbocycles. The Morgan fingerprint density at radius 3 is 2.85 bits per heavy atom. The number of nitrogen functional groups attached to an aromatic ring is 1. The van der Waals surface area contributed by atoms with Crippen LogP contribution in [0, 0.1) is 6.92 Å². The Morgan fingerprint density at radius 2 is 2.20 bits per heavy atom. The predicted octanol–water partition coefficient (Wildman–Crippen LogP) is 2.99. The van der Waals surface area contributed by atoms with Gasteiger partial charge in [-0.1, -0.05) is 18.1 Å². The maximum atomic E-state index is 6.17. The van der Waals surface area contributed by atoms with Crippen LogP contribution in [0.3, 0.4) is 0 Å². The maximum Gasteiger partial charge on any atom is 0.144 e. The fourth-order valence-corrected chi connectivity index (χ4v) is 2.02. The summed E-state index contributed by atoms with van der Waals surface area (Å²) < 4.78 is 10.7. The Morgan fingerprint density at radius 1 is 1.40 bits per heavy atom. The number of nitrogens with zero attached hydrogens (tertiary/aromatic N) is 2. The number of nitrogens with two attached hydrogens (primary N) is 1. The Balaban J connectivity index is 2.14. The zero-order valence-corrected chi connectivity index (χ0v) is 12.2. The number of aryl methyl sites for hydroxylation is 1. The molecule has 0 aliphatic carbocycles. The summed E-state index contributed by atoms with van der Waals surface area (Å²) in [5.74, 6) is 1.54. The molecular formula is C15H21N3O2. The van der Waals surface area contributed by atoms with E-state index in [0.29, 0.717) is 18.8 Å². The van der Waals surface area contributed by atoms with Gasteiger partial charge in [0.05, 0.1) is 24.5 Å². The van der Waals surface area contributed by atoms with Crippen LogP contribution in [0.4, 0.5) is 11.4 Å². The van der Waals surface area contributed by atoms with Crippen molar-refractivity contribution in [1.29, 1.82) is 0 Å². The summed E-state index contributed by atoms with van der Waals surface area (Å²) in [6.07, 6.45) is 0.956. The summed E-state index contributed by atoms with van der Waals surface area (Å²) in [5, 5.41) is 3.99. The van der Waals surface area contributed by atoms with Crippen molar-refractivity contribution < 1.29 is 9.26 Å². The molecule has 20 heavy (non-hydrogen) atoms. The molecule has 0 spiro atoms. The largest absolute Gasteiger partial charge is 0.491 e. The van der Waals surface area contributed by atoms with Crippen molar-refractivity contribution in [2.45, 2.75) is 26.8 Å². The molecule has 0 saturated heterocycles. The van der Waals surface area contributed by atoms with Crippen LogP contribution in [0.1, 0.15) is 24.8 Å². The summed E-state index contributed by atoms with van der Waals surface area (Å²) in [6.45, 7) is 5.25. The predicted molar refractivity (Wildman–Crippen MR) is 80.0 cm³/mol. The molecule has 0 radical (unpaired) electrons. The zero-order chi connectivity index (χ0) is 14.5. The first-order valence-corrected chi connectivity index (χ1v) is 6.76. The van der Waals surface area contributed by atoms with Gasteiger partial charge in [0.1, 0.15) is 17.2 Å². The first-order valence-electron chi connectivity index (χ1n) is 6.76. The van der Waals surface area contributed by atoms with Crippen LogP contribution in [-0.2, 0) is 6.54 Å². The standard InChI is InChI=1S/C15H21N3O2/c1-4-8-19-14-7-5-6-13(15(14)16)18(3)10-12-9-11(2)20-17-12/h5-7,9H,4,8,10,16H2,1-3H3. The molecule has 2 N–H and O–H groups in total. The second-order valence-electron chi connectivity index (χ2n) is 4.82. The van der Waals surface area contributed by atoms with Crippen LogP contribution < -0.4 is 15.4 Å². The van der Waals surface area contributed by atoms with Crippen molar-refractivity contribution in [2.75, 3.05) is 24.3 Å². The molecular weight excluding hydrogens is 254 g/mol. The summed E-state index contributed by atoms with van der Waals surface area (Å²) in [5.41, 5.74) is 8.64. The van der Waals surface area contributed by atoms with Gasteiger partial charge in [0, 0.05) is 13.1 Å². The van der Waals surface area contributed by atoms with E-state index in [0.717, 1.165) is 29.3 Å². The molecule has 108 valence electrons. The van der Waals surface area contributed by atoms with Gasteiger partial charge >= 0.3 is 0 Å². The summed E-state index contributed by atoms with van der Waals surface area (Å²) >= 11 is 0. The lowest BCUT2D eigenvalue weighted by atomic mass is 10.2. The van der Waals surface area contributed by atoms with Gasteiger partial charge in [-0.05, 0) is 25.5 Å². The van der Waals surface area contributed by atoms with Crippen LogP contribution in [0.2, 0.25) is 0 Å². The number of ether oxygens (including phenoxy) is 1. The third-order valence-corrected chi connectivity index (χ3v) is 2.99. The van der Waals surface area contributed by atoms with Gasteiger partial charge in [0.2, 0.25) is 0 Å². The third kappa shape index (κ3) is 3.23. The lowest BCUT2D eigenvalue weighted by Crippen LogP contribution is -2.18. The Kier molecular flexibility index (Phi) is 4.50. The molecule has 0 atom stereocenters. The Labute approximate surface area is 119 Å². The molecule has 5 nitrogen and oxygen atoms in total. The topological polar surface area (TPSA) is 64.5 Å². The van der Waals surface area contributed by atoms with E-state index < -0.39 is 0 Å². The van der Waals surface area contributed by atoms with E-state index in [9.17, 15) is 0 Å². The van der Waals surface area contributed by atoms with Crippen LogP contribution >= 0.6 is 0 Å². The lowest BCUT2D eigenvalue weighted by molar-refractivity contribution is 0.319. The van der Waals surface area contributed by atoms with Crippen molar-refractivity contribution in [3.63, 3.8) is 0 Å². The lowest BCUT2D eigenvalue weighted by Gasteiger charge is -2.21. The quantitative estimate of drug-likeness (QED) is 0.821. The SMILES string of the molecule is CCCOc1cccc(N(C)Cc2cc(C)on2)c1N. The number of rotatable bonds is 6. The molecule has 0 fully saturated rings. The highest BCUT2D eigenvalue weighted by Gasteiger charge is 2.12. The summed E-state index contributed by atoms with van der Waals surface area (Å²) in [4.78, 5) is 2.03. The number of hydrogen-bond donors (Lipinski definition) is 1. The molecule has 0 amide bonds. The van der Waals surface area contributed by atoms with Crippen molar-refractivity contribution >= 4 is 11.4 Å². The third-order valence-electron chi connectivity index (χ3n) is 2.99. The fraction of sp³-hybridized carbons (Fsp3) is 0.400. The van der Waals surface area contributed by atoms with Gasteiger partial charge in [-0.3, -0.25) is 0 Å². The highest BCUT2D eigenvalue weighted by Crippen LogP contribution is 2.32. The van der Waals surface area contributed by atoms with Crippen LogP contribution in [-0.4, -0.2) is 18.8 Å². The Hall–Kier alpha value is -2.17. The molecule has 1 heterocycles. The van der Waals surface area contributed by atoms with Gasteiger partial charge in [-0.2, -0.15) is 0 Å². The van der Waals surface area contributed by atoms with E-state index in [-0.39, 0.29) is 0 Å².